The molecule has 28 heavy (non-hydrogen) atoms. The van der Waals surface area contributed by atoms with Crippen molar-refractivity contribution in [1.82, 2.24) is 4.98 Å². The van der Waals surface area contributed by atoms with Crippen LogP contribution in [0.5, 0.6) is 11.5 Å². The molecular formula is C22H21N3O3. The van der Waals surface area contributed by atoms with E-state index < -0.39 is 0 Å². The number of nitrogens with one attached hydrogen (secondary N) is 2. The second-order valence-corrected chi connectivity index (χ2v) is 6.63. The molecule has 0 spiro atoms. The van der Waals surface area contributed by atoms with Crippen molar-refractivity contribution < 1.29 is 14.3 Å². The zero-order valence-corrected chi connectivity index (χ0v) is 15.6. The highest BCUT2D eigenvalue weighted by atomic mass is 16.6. The predicted molar refractivity (Wildman–Crippen MR) is 108 cm³/mol. The van der Waals surface area contributed by atoms with E-state index in [1.165, 1.54) is 5.56 Å². The lowest BCUT2D eigenvalue weighted by Gasteiger charge is -2.19. The number of rotatable bonds is 5. The van der Waals surface area contributed by atoms with E-state index in [0.29, 0.717) is 31.1 Å². The SMILES string of the molecule is Cc1ccc(CC(=O)Nc2ccc(Nc3ccc4c(c3)OCCO4)nc2)cc1. The second kappa shape index (κ2) is 8.00. The monoisotopic (exact) mass is 375 g/mol. The minimum Gasteiger partial charge on any atom is -0.486 e. The second-order valence-electron chi connectivity index (χ2n) is 6.63. The third kappa shape index (κ3) is 4.40. The maximum absolute atomic E-state index is 12.2. The molecule has 0 atom stereocenters. The lowest BCUT2D eigenvalue weighted by atomic mass is 10.1. The number of hydrogen-bond donors (Lipinski definition) is 2. The number of nitrogens with zero attached hydrogens (tertiary/aromatic N) is 1. The number of hydrogen-bond acceptors (Lipinski definition) is 5. The first-order valence-electron chi connectivity index (χ1n) is 9.14. The maximum atomic E-state index is 12.2. The van der Waals surface area contributed by atoms with Crippen LogP contribution < -0.4 is 20.1 Å². The summed E-state index contributed by atoms with van der Waals surface area (Å²) >= 11 is 0. The van der Waals surface area contributed by atoms with Crippen molar-refractivity contribution in [3.8, 4) is 11.5 Å². The van der Waals surface area contributed by atoms with Crippen molar-refractivity contribution in [2.75, 3.05) is 23.8 Å². The van der Waals surface area contributed by atoms with Gasteiger partial charge in [0.1, 0.15) is 19.0 Å². The lowest BCUT2D eigenvalue weighted by molar-refractivity contribution is -0.115. The quantitative estimate of drug-likeness (QED) is 0.703. The topological polar surface area (TPSA) is 72.5 Å². The van der Waals surface area contributed by atoms with Crippen molar-refractivity contribution in [3.63, 3.8) is 0 Å². The van der Waals surface area contributed by atoms with Crippen molar-refractivity contribution in [2.24, 2.45) is 0 Å². The van der Waals surface area contributed by atoms with Gasteiger partial charge in [-0.3, -0.25) is 4.79 Å². The molecule has 0 radical (unpaired) electrons. The Labute approximate surface area is 163 Å². The molecule has 2 aromatic carbocycles. The number of carbonyl (C=O) groups excluding carboxylic acids is 1. The van der Waals surface area contributed by atoms with Crippen LogP contribution in [-0.4, -0.2) is 24.1 Å². The number of aryl methyl sites for hydroxylation is 1. The molecule has 1 amide bonds. The standard InChI is InChI=1S/C22H21N3O3/c1-15-2-4-16(5-3-15)12-22(26)25-18-7-9-21(23-14-18)24-17-6-8-19-20(13-17)28-11-10-27-19/h2-9,13-14H,10-12H2,1H3,(H,23,24)(H,25,26). The molecule has 3 aromatic rings. The minimum atomic E-state index is -0.0711. The summed E-state index contributed by atoms with van der Waals surface area (Å²) in [6.07, 6.45) is 1.96. The minimum absolute atomic E-state index is 0.0711. The van der Waals surface area contributed by atoms with Gasteiger partial charge in [-0.2, -0.15) is 0 Å². The Bertz CT molecular complexity index is 969. The van der Waals surface area contributed by atoms with E-state index in [-0.39, 0.29) is 5.91 Å². The van der Waals surface area contributed by atoms with Crippen molar-refractivity contribution in [2.45, 2.75) is 13.3 Å². The molecule has 0 fully saturated rings. The number of ether oxygens (including phenoxy) is 2. The fraction of sp³-hybridized carbons (Fsp3) is 0.182. The van der Waals surface area contributed by atoms with Crippen LogP contribution in [-0.2, 0) is 11.2 Å². The summed E-state index contributed by atoms with van der Waals surface area (Å²) in [4.78, 5) is 16.6. The van der Waals surface area contributed by atoms with Crippen molar-refractivity contribution >= 4 is 23.1 Å². The summed E-state index contributed by atoms with van der Waals surface area (Å²) in [6.45, 7) is 3.14. The zero-order valence-electron chi connectivity index (χ0n) is 15.6. The van der Waals surface area contributed by atoms with E-state index in [4.69, 9.17) is 9.47 Å². The summed E-state index contributed by atoms with van der Waals surface area (Å²) in [5.74, 6) is 2.07. The number of benzene rings is 2. The number of amides is 1. The Morgan fingerprint density at radius 2 is 1.71 bits per heavy atom. The van der Waals surface area contributed by atoms with E-state index in [2.05, 4.69) is 15.6 Å². The van der Waals surface area contributed by atoms with Gasteiger partial charge >= 0.3 is 0 Å². The van der Waals surface area contributed by atoms with Gasteiger partial charge in [0.05, 0.1) is 18.3 Å². The van der Waals surface area contributed by atoms with E-state index >= 15 is 0 Å². The molecule has 1 aliphatic heterocycles. The van der Waals surface area contributed by atoms with Gasteiger partial charge in [0.25, 0.3) is 0 Å². The molecule has 1 aromatic heterocycles. The molecule has 0 aliphatic carbocycles. The highest BCUT2D eigenvalue weighted by molar-refractivity contribution is 5.92. The Morgan fingerprint density at radius 1 is 0.964 bits per heavy atom. The Morgan fingerprint density at radius 3 is 2.46 bits per heavy atom. The normalized spacial score (nSPS) is 12.3. The molecule has 2 N–H and O–H groups in total. The lowest BCUT2D eigenvalue weighted by Crippen LogP contribution is -2.15. The molecule has 0 bridgehead atoms. The number of pyridine rings is 1. The van der Waals surface area contributed by atoms with Crippen molar-refractivity contribution in [3.05, 3.63) is 71.9 Å². The van der Waals surface area contributed by atoms with Crippen LogP contribution in [0, 0.1) is 6.92 Å². The van der Waals surface area contributed by atoms with Gasteiger partial charge in [0, 0.05) is 11.8 Å². The Balaban J connectivity index is 1.35. The smallest absolute Gasteiger partial charge is 0.228 e. The summed E-state index contributed by atoms with van der Waals surface area (Å²) in [5.41, 5.74) is 3.67. The first-order chi connectivity index (χ1) is 13.7. The Hall–Kier alpha value is -3.54. The molecule has 1 aliphatic rings. The molecule has 6 heteroatoms. The van der Waals surface area contributed by atoms with Gasteiger partial charge in [-0.15, -0.1) is 0 Å². The fourth-order valence-corrected chi connectivity index (χ4v) is 2.91. The molecule has 0 unspecified atom stereocenters. The number of aromatic nitrogens is 1. The average molecular weight is 375 g/mol. The van der Waals surface area contributed by atoms with Crippen LogP contribution >= 0.6 is 0 Å². The molecular weight excluding hydrogens is 354 g/mol. The van der Waals surface area contributed by atoms with Gasteiger partial charge < -0.3 is 20.1 Å². The summed E-state index contributed by atoms with van der Waals surface area (Å²) < 4.78 is 11.1. The molecule has 142 valence electrons. The average Bonchev–Trinajstić information content (AvgIpc) is 2.71. The number of carbonyl (C=O) groups is 1. The van der Waals surface area contributed by atoms with Crippen LogP contribution in [0.15, 0.2) is 60.8 Å². The summed E-state index contributed by atoms with van der Waals surface area (Å²) in [6, 6.07) is 17.2. The van der Waals surface area contributed by atoms with Gasteiger partial charge in [-0.25, -0.2) is 4.98 Å². The van der Waals surface area contributed by atoms with Gasteiger partial charge in [0.2, 0.25) is 5.91 Å². The van der Waals surface area contributed by atoms with Crippen LogP contribution in [0.25, 0.3) is 0 Å². The van der Waals surface area contributed by atoms with E-state index in [0.717, 1.165) is 22.7 Å². The fourth-order valence-electron chi connectivity index (χ4n) is 2.91. The van der Waals surface area contributed by atoms with E-state index in [1.54, 1.807) is 6.20 Å². The van der Waals surface area contributed by atoms with Crippen LogP contribution in [0.2, 0.25) is 0 Å². The van der Waals surface area contributed by atoms with Gasteiger partial charge in [-0.05, 0) is 36.8 Å². The largest absolute Gasteiger partial charge is 0.486 e. The Kier molecular flexibility index (Phi) is 5.10. The van der Waals surface area contributed by atoms with Crippen LogP contribution in [0.4, 0.5) is 17.2 Å². The third-order valence-electron chi connectivity index (χ3n) is 4.35. The van der Waals surface area contributed by atoms with Gasteiger partial charge in [0.15, 0.2) is 11.5 Å². The number of fused-ring (bicyclic) bond motifs is 1. The van der Waals surface area contributed by atoms with E-state index in [9.17, 15) is 4.79 Å². The first-order valence-corrected chi connectivity index (χ1v) is 9.14. The summed E-state index contributed by atoms with van der Waals surface area (Å²) in [5, 5.41) is 6.09. The third-order valence-corrected chi connectivity index (χ3v) is 4.35. The number of anilines is 3. The first kappa shape index (κ1) is 17.9. The molecule has 0 saturated heterocycles. The molecule has 6 nitrogen and oxygen atoms in total. The van der Waals surface area contributed by atoms with E-state index in [1.807, 2.05) is 61.5 Å². The highest BCUT2D eigenvalue weighted by Crippen LogP contribution is 2.33. The highest BCUT2D eigenvalue weighted by Gasteiger charge is 2.12. The summed E-state index contributed by atoms with van der Waals surface area (Å²) in [7, 11) is 0. The molecule has 0 saturated carbocycles. The zero-order chi connectivity index (χ0) is 19.3. The maximum Gasteiger partial charge on any atom is 0.228 e. The molecule has 4 rings (SSSR count). The van der Waals surface area contributed by atoms with Crippen LogP contribution in [0.3, 0.4) is 0 Å². The van der Waals surface area contributed by atoms with Crippen LogP contribution in [0.1, 0.15) is 11.1 Å². The van der Waals surface area contributed by atoms with Crippen molar-refractivity contribution in [1.29, 1.82) is 0 Å². The molecule has 2 heterocycles. The van der Waals surface area contributed by atoms with Gasteiger partial charge in [-0.1, -0.05) is 29.8 Å². The predicted octanol–water partition coefficient (Wildman–Crippen LogP) is 4.09.